The van der Waals surface area contributed by atoms with Gasteiger partial charge in [0.05, 0.1) is 6.61 Å². The van der Waals surface area contributed by atoms with Gasteiger partial charge in [-0.25, -0.2) is 9.36 Å². The highest BCUT2D eigenvalue weighted by molar-refractivity contribution is 7.79. The average molecular weight is 264 g/mol. The van der Waals surface area contributed by atoms with Crippen LogP contribution in [0, 0.1) is 0 Å². The minimum absolute atomic E-state index is 0.335. The number of hydrogen-bond acceptors (Lipinski definition) is 5. The summed E-state index contributed by atoms with van der Waals surface area (Å²) in [6.45, 7) is 0.987. The number of carbonyl (C=O) groups is 1. The minimum Gasteiger partial charge on any atom is -0.316 e. The molecule has 0 aromatic rings. The Hall–Kier alpha value is -0.170. The summed E-state index contributed by atoms with van der Waals surface area (Å²) in [6, 6.07) is 0. The highest BCUT2D eigenvalue weighted by Crippen LogP contribution is 2.39. The largest absolute Gasteiger partial charge is 0.419 e. The normalized spacial score (nSPS) is 11.4. The van der Waals surface area contributed by atoms with Crippen LogP contribution in [0.5, 0.6) is 0 Å². The molecular weight excluding hydrogens is 248 g/mol. The summed E-state index contributed by atoms with van der Waals surface area (Å²) in [7, 11) is 0. The molecule has 0 aromatic heterocycles. The summed E-state index contributed by atoms with van der Waals surface area (Å²) in [5, 5.41) is 0. The van der Waals surface area contributed by atoms with Crippen molar-refractivity contribution < 1.29 is 28.9 Å². The van der Waals surface area contributed by atoms with E-state index in [2.05, 4.69) is 21.0 Å². The van der Waals surface area contributed by atoms with E-state index in [1.807, 2.05) is 0 Å². The van der Waals surface area contributed by atoms with E-state index in [0.29, 0.717) is 6.61 Å². The molecule has 0 aromatic carbocycles. The lowest BCUT2D eigenvalue weighted by Crippen LogP contribution is -2.42. The quantitative estimate of drug-likeness (QED) is 0.386. The van der Waals surface area contributed by atoms with Crippen molar-refractivity contribution in [2.75, 3.05) is 6.61 Å². The maximum Gasteiger partial charge on any atom is 0.419 e. The molecule has 0 amide bonds. The van der Waals surface area contributed by atoms with Gasteiger partial charge >= 0.3 is 12.9 Å². The zero-order valence-corrected chi connectivity index (χ0v) is 10.3. The molecule has 0 saturated carbocycles. The predicted octanol–water partition coefficient (Wildman–Crippen LogP) is 0.536. The van der Waals surface area contributed by atoms with Gasteiger partial charge in [0.15, 0.2) is 0 Å². The third-order valence-corrected chi connectivity index (χ3v) is 0.779. The van der Waals surface area contributed by atoms with Gasteiger partial charge in [-0.3, -0.25) is 4.89 Å². The lowest BCUT2D eigenvalue weighted by molar-refractivity contribution is -0.273. The van der Waals surface area contributed by atoms with E-state index in [-0.39, 0.29) is 0 Å². The second kappa shape index (κ2) is 7.16. The molecular formula is C6H15ClNO6P. The molecule has 9 heteroatoms. The van der Waals surface area contributed by atoms with Crippen LogP contribution < -0.4 is 5.73 Å². The van der Waals surface area contributed by atoms with Crippen LogP contribution in [0.15, 0.2) is 0 Å². The van der Waals surface area contributed by atoms with E-state index in [0.717, 1.165) is 0 Å². The monoisotopic (exact) mass is 263 g/mol. The van der Waals surface area contributed by atoms with E-state index in [9.17, 15) is 4.79 Å². The topological polar surface area (TPSA) is 119 Å². The fraction of sp³-hybridized carbons (Fsp3) is 0.833. The first-order valence-electron chi connectivity index (χ1n) is 3.86. The van der Waals surface area contributed by atoms with E-state index in [1.54, 1.807) is 20.8 Å². The first-order chi connectivity index (χ1) is 6.48. The Kier molecular flexibility index (Phi) is 8.23. The molecule has 0 aliphatic carbocycles. The van der Waals surface area contributed by atoms with Crippen molar-refractivity contribution in [3.05, 3.63) is 0 Å². The van der Waals surface area contributed by atoms with Crippen molar-refractivity contribution in [1.82, 2.24) is 0 Å². The van der Waals surface area contributed by atoms with Crippen molar-refractivity contribution in [1.29, 1.82) is 0 Å². The fourth-order valence-corrected chi connectivity index (χ4v) is 0.220. The number of hydrogen-bond donors (Lipinski definition) is 3. The molecule has 0 bridgehead atoms. The second-order valence-corrected chi connectivity index (χ2v) is 5.24. The Morgan fingerprint density at radius 2 is 1.87 bits per heavy atom. The van der Waals surface area contributed by atoms with Crippen LogP contribution in [-0.4, -0.2) is 27.9 Å². The Morgan fingerprint density at radius 1 is 1.53 bits per heavy atom. The molecule has 15 heavy (non-hydrogen) atoms. The van der Waals surface area contributed by atoms with Gasteiger partial charge in [-0.2, -0.15) is 4.89 Å². The van der Waals surface area contributed by atoms with Crippen LogP contribution in [0.1, 0.15) is 20.8 Å². The molecule has 0 saturated heterocycles. The Labute approximate surface area is 92.4 Å². The summed E-state index contributed by atoms with van der Waals surface area (Å²) < 4.78 is 9.09. The summed E-state index contributed by atoms with van der Waals surface area (Å²) in [5.74, 6) is -0.561. The van der Waals surface area contributed by atoms with E-state index in [1.165, 1.54) is 0 Å². The van der Waals surface area contributed by atoms with Gasteiger partial charge in [-0.15, -0.1) is 0 Å². The van der Waals surface area contributed by atoms with Crippen LogP contribution in [0.2, 0.25) is 0 Å². The molecule has 4 N–H and O–H groups in total. The first kappa shape index (κ1) is 17.2. The maximum absolute atomic E-state index is 10.8. The van der Waals surface area contributed by atoms with Crippen molar-refractivity contribution in [3.8, 4) is 0 Å². The summed E-state index contributed by atoms with van der Waals surface area (Å²) in [6.07, 6.45) is 0. The molecule has 92 valence electrons. The first-order valence-corrected chi connectivity index (χ1v) is 6.38. The van der Waals surface area contributed by atoms with Crippen LogP contribution in [0.25, 0.3) is 0 Å². The van der Waals surface area contributed by atoms with Gasteiger partial charge in [0.2, 0.25) is 0 Å². The van der Waals surface area contributed by atoms with Crippen molar-refractivity contribution in [2.45, 2.75) is 26.3 Å². The number of nitrogens with two attached hydrogens (primary N) is 1. The second-order valence-electron chi connectivity index (χ2n) is 2.97. The third-order valence-electron chi connectivity index (χ3n) is 0.779. The molecule has 0 rings (SSSR count). The zero-order chi connectivity index (χ0) is 12.7. The van der Waals surface area contributed by atoms with E-state index < -0.39 is 18.5 Å². The molecule has 0 fully saturated rings. The van der Waals surface area contributed by atoms with E-state index in [4.69, 9.17) is 20.1 Å². The molecule has 0 atom stereocenters. The maximum atomic E-state index is 10.8. The molecule has 0 unspecified atom stereocenters. The molecule has 0 heterocycles. The lowest BCUT2D eigenvalue weighted by atomic mass is 10.1. The highest BCUT2D eigenvalue weighted by Gasteiger charge is 2.24. The Bertz CT molecular complexity index is 226. The van der Waals surface area contributed by atoms with Crippen molar-refractivity contribution in [3.63, 3.8) is 0 Å². The molecule has 0 aliphatic heterocycles. The average Bonchev–Trinajstić information content (AvgIpc) is 1.94. The summed E-state index contributed by atoms with van der Waals surface area (Å²) in [5.41, 5.74) is 4.39. The molecule has 7 nitrogen and oxygen atoms in total. The number of carbonyl (C=O) groups excluding carboxylic acids is 1. The highest BCUT2D eigenvalue weighted by atomic mass is 35.7. The van der Waals surface area contributed by atoms with Crippen LogP contribution >= 0.6 is 18.2 Å². The smallest absolute Gasteiger partial charge is 0.316 e. The Morgan fingerprint density at radius 3 is 2.07 bits per heavy atom. The summed E-state index contributed by atoms with van der Waals surface area (Å²) >= 11 is 4.20. The number of halogens is 1. The van der Waals surface area contributed by atoms with E-state index >= 15 is 0 Å². The van der Waals surface area contributed by atoms with Gasteiger partial charge in [0.25, 0.3) is 0 Å². The van der Waals surface area contributed by atoms with Crippen LogP contribution in [-0.2, 0) is 19.1 Å². The van der Waals surface area contributed by atoms with Crippen molar-refractivity contribution in [2.24, 2.45) is 5.73 Å². The molecule has 0 spiro atoms. The van der Waals surface area contributed by atoms with Gasteiger partial charge in [0, 0.05) is 11.2 Å². The molecule has 0 radical (unpaired) electrons. The van der Waals surface area contributed by atoms with Crippen LogP contribution in [0.4, 0.5) is 0 Å². The van der Waals surface area contributed by atoms with Gasteiger partial charge in [0.1, 0.15) is 5.54 Å². The van der Waals surface area contributed by atoms with Gasteiger partial charge in [-0.1, -0.05) is 0 Å². The van der Waals surface area contributed by atoms with Crippen molar-refractivity contribution >= 4 is 24.2 Å². The standard InChI is InChI=1S/C6H13NO3.ClH2O3P/c1-4-9-10-5(8)6(2,3)7;1-5(2,3)4/h4,7H2,1-3H3;(H2,2,3,4). The fourth-order valence-electron chi connectivity index (χ4n) is 0.220. The lowest BCUT2D eigenvalue weighted by Gasteiger charge is -2.14. The van der Waals surface area contributed by atoms with Gasteiger partial charge in [-0.05, 0) is 20.8 Å². The molecule has 0 aliphatic rings. The Balaban J connectivity index is 0. The summed E-state index contributed by atoms with van der Waals surface area (Å²) in [4.78, 5) is 34.2. The van der Waals surface area contributed by atoms with Gasteiger partial charge < -0.3 is 15.5 Å². The van der Waals surface area contributed by atoms with Crippen LogP contribution in [0.3, 0.4) is 0 Å². The third kappa shape index (κ3) is 20.0. The SMILES string of the molecule is CCOOC(=O)C(C)(C)N.O=P(O)(O)Cl. The number of rotatable bonds is 3. The predicted molar refractivity (Wildman–Crippen MR) is 53.9 cm³/mol. The minimum atomic E-state index is -4.17. The zero-order valence-electron chi connectivity index (χ0n) is 8.64.